The van der Waals surface area contributed by atoms with Gasteiger partial charge < -0.3 is 9.47 Å². The highest BCUT2D eigenvalue weighted by Crippen LogP contribution is 2.46. The number of methoxy groups -OCH3 is 1. The van der Waals surface area contributed by atoms with Crippen molar-refractivity contribution in [1.82, 2.24) is 0 Å². The SMILES string of the molecule is COc1cc([C@H]2SCC(=O)N2c2ccc(Cl)cc2)cc(Cl)c1OCc1ccccc1Cl. The molecule has 4 nitrogen and oxygen atoms in total. The summed E-state index contributed by atoms with van der Waals surface area (Å²) in [4.78, 5) is 14.4. The smallest absolute Gasteiger partial charge is 0.238 e. The lowest BCUT2D eigenvalue weighted by atomic mass is 10.1. The van der Waals surface area contributed by atoms with Crippen LogP contribution in [0.25, 0.3) is 0 Å². The lowest BCUT2D eigenvalue weighted by Gasteiger charge is -2.25. The Morgan fingerprint density at radius 1 is 1.03 bits per heavy atom. The normalized spacial score (nSPS) is 15.9. The van der Waals surface area contributed by atoms with E-state index in [0.717, 1.165) is 16.8 Å². The van der Waals surface area contributed by atoms with Crippen LogP contribution >= 0.6 is 46.6 Å². The van der Waals surface area contributed by atoms with Crippen LogP contribution in [0.5, 0.6) is 11.5 Å². The van der Waals surface area contributed by atoms with Gasteiger partial charge in [-0.3, -0.25) is 9.69 Å². The molecule has 3 aromatic carbocycles. The molecule has 0 radical (unpaired) electrons. The van der Waals surface area contributed by atoms with Gasteiger partial charge in [0, 0.05) is 21.3 Å². The van der Waals surface area contributed by atoms with Gasteiger partial charge in [0.2, 0.25) is 5.91 Å². The topological polar surface area (TPSA) is 38.8 Å². The van der Waals surface area contributed by atoms with Crippen molar-refractivity contribution >= 4 is 58.2 Å². The lowest BCUT2D eigenvalue weighted by Crippen LogP contribution is -2.27. The van der Waals surface area contributed by atoms with E-state index < -0.39 is 0 Å². The highest BCUT2D eigenvalue weighted by molar-refractivity contribution is 8.00. The lowest BCUT2D eigenvalue weighted by molar-refractivity contribution is -0.115. The summed E-state index contributed by atoms with van der Waals surface area (Å²) < 4.78 is 11.5. The van der Waals surface area contributed by atoms with Crippen LogP contribution in [0.1, 0.15) is 16.5 Å². The average Bonchev–Trinajstić information content (AvgIpc) is 3.15. The molecule has 8 heteroatoms. The van der Waals surface area contributed by atoms with E-state index in [1.54, 1.807) is 24.1 Å². The molecule has 1 heterocycles. The van der Waals surface area contributed by atoms with Crippen molar-refractivity contribution in [1.29, 1.82) is 0 Å². The summed E-state index contributed by atoms with van der Waals surface area (Å²) in [5.74, 6) is 1.31. The quantitative estimate of drug-likeness (QED) is 0.369. The number of ether oxygens (including phenoxy) is 2. The van der Waals surface area contributed by atoms with Crippen LogP contribution in [-0.2, 0) is 11.4 Å². The molecule has 1 fully saturated rings. The highest BCUT2D eigenvalue weighted by Gasteiger charge is 2.35. The monoisotopic (exact) mass is 493 g/mol. The minimum absolute atomic E-state index is 0.0199. The van der Waals surface area contributed by atoms with Gasteiger partial charge in [0.05, 0.1) is 17.9 Å². The number of benzene rings is 3. The molecule has 1 atom stereocenters. The Balaban J connectivity index is 1.63. The molecule has 4 rings (SSSR count). The summed E-state index contributed by atoms with van der Waals surface area (Å²) in [7, 11) is 1.56. The van der Waals surface area contributed by atoms with Gasteiger partial charge in [-0.25, -0.2) is 0 Å². The van der Waals surface area contributed by atoms with Gasteiger partial charge in [-0.05, 0) is 48.0 Å². The first-order valence-electron chi connectivity index (χ1n) is 9.41. The van der Waals surface area contributed by atoms with Crippen molar-refractivity contribution in [3.63, 3.8) is 0 Å². The van der Waals surface area contributed by atoms with Crippen LogP contribution in [0, 0.1) is 0 Å². The van der Waals surface area contributed by atoms with Crippen molar-refractivity contribution in [2.45, 2.75) is 12.0 Å². The molecule has 1 aliphatic heterocycles. The fourth-order valence-electron chi connectivity index (χ4n) is 3.34. The number of carbonyl (C=O) groups is 1. The second-order valence-corrected chi connectivity index (χ2v) is 9.14. The molecular formula is C23H18Cl3NO3S. The maximum atomic E-state index is 12.6. The van der Waals surface area contributed by atoms with Gasteiger partial charge in [0.1, 0.15) is 12.0 Å². The predicted octanol–water partition coefficient (Wildman–Crippen LogP) is 7.01. The van der Waals surface area contributed by atoms with Crippen molar-refractivity contribution in [3.8, 4) is 11.5 Å². The van der Waals surface area contributed by atoms with Crippen LogP contribution in [0.2, 0.25) is 15.1 Å². The number of amides is 1. The second-order valence-electron chi connectivity index (χ2n) is 6.82. The van der Waals surface area contributed by atoms with Crippen LogP contribution < -0.4 is 14.4 Å². The van der Waals surface area contributed by atoms with Crippen molar-refractivity contribution in [3.05, 3.63) is 86.9 Å². The summed E-state index contributed by atoms with van der Waals surface area (Å²) in [6, 6.07) is 18.3. The third-order valence-corrected chi connectivity index (χ3v) is 6.95. The Kier molecular flexibility index (Phi) is 6.87. The van der Waals surface area contributed by atoms with E-state index in [1.165, 1.54) is 11.8 Å². The molecule has 0 unspecified atom stereocenters. The van der Waals surface area contributed by atoms with Crippen molar-refractivity contribution in [2.75, 3.05) is 17.8 Å². The van der Waals surface area contributed by atoms with E-state index in [-0.39, 0.29) is 17.9 Å². The molecule has 0 aliphatic carbocycles. The first kappa shape index (κ1) is 22.2. The standard InChI is InChI=1S/C23H18Cl3NO3S/c1-29-20-11-15(10-19(26)22(20)30-12-14-4-2-3-5-18(14)25)23-27(21(28)13-31-23)17-8-6-16(24)7-9-17/h2-11,23H,12-13H2,1H3/t23-/m1/s1. The fourth-order valence-corrected chi connectivity index (χ4v) is 5.09. The zero-order valence-corrected chi connectivity index (χ0v) is 19.6. The number of thioether (sulfide) groups is 1. The van der Waals surface area contributed by atoms with Gasteiger partial charge in [-0.1, -0.05) is 53.0 Å². The van der Waals surface area contributed by atoms with E-state index in [4.69, 9.17) is 44.3 Å². The number of hydrogen-bond donors (Lipinski definition) is 0. The minimum Gasteiger partial charge on any atom is -0.493 e. The van der Waals surface area contributed by atoms with Gasteiger partial charge >= 0.3 is 0 Å². The highest BCUT2D eigenvalue weighted by atomic mass is 35.5. The summed E-state index contributed by atoms with van der Waals surface area (Å²) >= 11 is 20.3. The number of nitrogens with zero attached hydrogens (tertiary/aromatic N) is 1. The molecule has 31 heavy (non-hydrogen) atoms. The Morgan fingerprint density at radius 2 is 1.77 bits per heavy atom. The molecule has 0 spiro atoms. The van der Waals surface area contributed by atoms with E-state index in [1.807, 2.05) is 48.5 Å². The van der Waals surface area contributed by atoms with Gasteiger partial charge in [-0.15, -0.1) is 11.8 Å². The molecule has 1 aliphatic rings. The molecule has 1 amide bonds. The summed E-state index contributed by atoms with van der Waals surface area (Å²) in [6.45, 7) is 0.253. The Bertz CT molecular complexity index is 1110. The third kappa shape index (κ3) is 4.75. The number of anilines is 1. The molecule has 3 aromatic rings. The number of hydrogen-bond acceptors (Lipinski definition) is 4. The predicted molar refractivity (Wildman–Crippen MR) is 128 cm³/mol. The fraction of sp³-hybridized carbons (Fsp3) is 0.174. The van der Waals surface area contributed by atoms with Gasteiger partial charge in [0.15, 0.2) is 11.5 Å². The second kappa shape index (κ2) is 9.61. The Morgan fingerprint density at radius 3 is 2.48 bits per heavy atom. The molecule has 160 valence electrons. The Hall–Kier alpha value is -2.05. The summed E-state index contributed by atoms with van der Waals surface area (Å²) in [5.41, 5.74) is 2.47. The first-order chi connectivity index (χ1) is 15.0. The number of rotatable bonds is 6. The maximum absolute atomic E-state index is 12.6. The molecule has 0 N–H and O–H groups in total. The third-order valence-electron chi connectivity index (χ3n) is 4.84. The minimum atomic E-state index is -0.238. The Labute approximate surface area is 200 Å². The largest absolute Gasteiger partial charge is 0.493 e. The van der Waals surface area contributed by atoms with Crippen LogP contribution in [0.4, 0.5) is 5.69 Å². The van der Waals surface area contributed by atoms with Crippen molar-refractivity contribution < 1.29 is 14.3 Å². The number of halogens is 3. The first-order valence-corrected chi connectivity index (χ1v) is 11.6. The summed E-state index contributed by atoms with van der Waals surface area (Å²) in [5, 5.41) is 1.40. The molecule has 0 saturated carbocycles. The van der Waals surface area contributed by atoms with E-state index in [0.29, 0.717) is 32.3 Å². The van der Waals surface area contributed by atoms with Crippen LogP contribution in [-0.4, -0.2) is 18.8 Å². The molecule has 0 aromatic heterocycles. The van der Waals surface area contributed by atoms with E-state index in [2.05, 4.69) is 0 Å². The van der Waals surface area contributed by atoms with E-state index >= 15 is 0 Å². The summed E-state index contributed by atoms with van der Waals surface area (Å²) in [6.07, 6.45) is 0. The average molecular weight is 495 g/mol. The van der Waals surface area contributed by atoms with Gasteiger partial charge in [0.25, 0.3) is 0 Å². The van der Waals surface area contributed by atoms with Crippen LogP contribution in [0.15, 0.2) is 60.7 Å². The molecule has 0 bridgehead atoms. The maximum Gasteiger partial charge on any atom is 0.238 e. The molecular weight excluding hydrogens is 477 g/mol. The number of carbonyl (C=O) groups excluding carboxylic acids is 1. The zero-order valence-electron chi connectivity index (χ0n) is 16.5. The zero-order chi connectivity index (χ0) is 22.0. The van der Waals surface area contributed by atoms with Crippen LogP contribution in [0.3, 0.4) is 0 Å². The van der Waals surface area contributed by atoms with Gasteiger partial charge in [-0.2, -0.15) is 0 Å². The van der Waals surface area contributed by atoms with Crippen molar-refractivity contribution in [2.24, 2.45) is 0 Å². The van der Waals surface area contributed by atoms with E-state index in [9.17, 15) is 4.79 Å². The molecule has 1 saturated heterocycles.